The molecule has 1 aliphatic rings. The van der Waals surface area contributed by atoms with Gasteiger partial charge in [0.05, 0.1) is 0 Å². The molecule has 0 heterocycles. The zero-order valence-corrected chi connectivity index (χ0v) is 6.78. The molecule has 0 aliphatic heterocycles. The van der Waals surface area contributed by atoms with Crippen LogP contribution in [0.2, 0.25) is 0 Å². The fourth-order valence-corrected chi connectivity index (χ4v) is 1.43. The van der Waals surface area contributed by atoms with Gasteiger partial charge in [0.15, 0.2) is 0 Å². The quantitative estimate of drug-likeness (QED) is 0.455. The van der Waals surface area contributed by atoms with E-state index in [-0.39, 0.29) is 0 Å². The summed E-state index contributed by atoms with van der Waals surface area (Å²) in [5, 5.41) is 0. The van der Waals surface area contributed by atoms with Gasteiger partial charge in [0.25, 0.3) is 0 Å². The Morgan fingerprint density at radius 1 is 1.30 bits per heavy atom. The summed E-state index contributed by atoms with van der Waals surface area (Å²) in [6.45, 7) is 4.24. The first kappa shape index (κ1) is 7.77. The Bertz CT molecular complexity index is 133. The average Bonchev–Trinajstić information content (AvgIpc) is 1.88. The molecule has 0 bridgehead atoms. The van der Waals surface area contributed by atoms with E-state index >= 15 is 0 Å². The Kier molecular flexibility index (Phi) is 2.47. The van der Waals surface area contributed by atoms with E-state index in [0.717, 1.165) is 25.7 Å². The molecular formula is C9H15F. The molecule has 1 heteroatoms. The van der Waals surface area contributed by atoms with Gasteiger partial charge in [-0.05, 0) is 39.5 Å². The molecule has 10 heavy (non-hydrogen) atoms. The van der Waals surface area contributed by atoms with Gasteiger partial charge in [0, 0.05) is 0 Å². The van der Waals surface area contributed by atoms with Gasteiger partial charge in [-0.25, -0.2) is 4.39 Å². The minimum Gasteiger partial charge on any atom is -0.247 e. The van der Waals surface area contributed by atoms with Crippen molar-refractivity contribution in [2.75, 3.05) is 0 Å². The van der Waals surface area contributed by atoms with E-state index in [1.54, 1.807) is 0 Å². The minimum atomic E-state index is -0.525. The Morgan fingerprint density at radius 3 is 2.20 bits per heavy atom. The van der Waals surface area contributed by atoms with Crippen molar-refractivity contribution >= 4 is 0 Å². The third-order valence-electron chi connectivity index (χ3n) is 2.23. The van der Waals surface area contributed by atoms with Crippen molar-refractivity contribution in [2.45, 2.75) is 45.7 Å². The molecule has 0 unspecified atom stereocenters. The lowest BCUT2D eigenvalue weighted by Gasteiger charge is -2.18. The second-order valence-electron chi connectivity index (χ2n) is 3.28. The van der Waals surface area contributed by atoms with Gasteiger partial charge >= 0.3 is 0 Å². The second kappa shape index (κ2) is 3.18. The van der Waals surface area contributed by atoms with Crippen molar-refractivity contribution in [3.8, 4) is 0 Å². The highest BCUT2D eigenvalue weighted by atomic mass is 19.1. The van der Waals surface area contributed by atoms with Gasteiger partial charge in [-0.1, -0.05) is 11.1 Å². The highest BCUT2D eigenvalue weighted by Gasteiger charge is 2.15. The number of hydrogen-bond acceptors (Lipinski definition) is 0. The maximum Gasteiger partial charge on any atom is 0.101 e. The van der Waals surface area contributed by atoms with Crippen LogP contribution in [0.4, 0.5) is 4.39 Å². The van der Waals surface area contributed by atoms with E-state index in [1.165, 1.54) is 11.1 Å². The van der Waals surface area contributed by atoms with Gasteiger partial charge < -0.3 is 0 Å². The second-order valence-corrected chi connectivity index (χ2v) is 3.28. The predicted octanol–water partition coefficient (Wildman–Crippen LogP) is 3.23. The molecule has 58 valence electrons. The molecule has 0 aromatic heterocycles. The lowest BCUT2D eigenvalue weighted by atomic mass is 9.91. The fourth-order valence-electron chi connectivity index (χ4n) is 1.43. The molecule has 0 atom stereocenters. The largest absolute Gasteiger partial charge is 0.247 e. The Balaban J connectivity index is 2.48. The van der Waals surface area contributed by atoms with E-state index in [1.807, 2.05) is 0 Å². The molecular weight excluding hydrogens is 127 g/mol. The van der Waals surface area contributed by atoms with Crippen molar-refractivity contribution in [3.63, 3.8) is 0 Å². The number of halogens is 1. The van der Waals surface area contributed by atoms with Crippen LogP contribution >= 0.6 is 0 Å². The van der Waals surface area contributed by atoms with Crippen LogP contribution < -0.4 is 0 Å². The topological polar surface area (TPSA) is 0 Å². The summed E-state index contributed by atoms with van der Waals surface area (Å²) in [5.41, 5.74) is 2.88. The molecule has 0 N–H and O–H groups in total. The summed E-state index contributed by atoms with van der Waals surface area (Å²) in [7, 11) is 0. The van der Waals surface area contributed by atoms with Crippen LogP contribution in [0, 0.1) is 0 Å². The molecule has 0 nitrogen and oxygen atoms in total. The number of rotatable bonds is 0. The first-order valence-electron chi connectivity index (χ1n) is 3.99. The summed E-state index contributed by atoms with van der Waals surface area (Å²) in [5.74, 6) is 0. The van der Waals surface area contributed by atoms with Crippen molar-refractivity contribution in [1.29, 1.82) is 0 Å². The van der Waals surface area contributed by atoms with Crippen LogP contribution in [0.3, 0.4) is 0 Å². The number of allylic oxidation sites excluding steroid dienone is 2. The highest BCUT2D eigenvalue weighted by molar-refractivity contribution is 5.11. The first-order chi connectivity index (χ1) is 4.70. The molecule has 0 aromatic rings. The van der Waals surface area contributed by atoms with Crippen molar-refractivity contribution < 1.29 is 4.39 Å². The molecule has 1 saturated carbocycles. The summed E-state index contributed by atoms with van der Waals surface area (Å²) in [6.07, 6.45) is 2.96. The third-order valence-corrected chi connectivity index (χ3v) is 2.23. The maximum absolute atomic E-state index is 12.6. The zero-order chi connectivity index (χ0) is 7.56. The van der Waals surface area contributed by atoms with Crippen molar-refractivity contribution in [2.24, 2.45) is 0 Å². The summed E-state index contributed by atoms with van der Waals surface area (Å²) in [4.78, 5) is 0. The Hall–Kier alpha value is -0.330. The fraction of sp³-hybridized carbons (Fsp3) is 0.778. The van der Waals surface area contributed by atoms with Gasteiger partial charge in [-0.3, -0.25) is 0 Å². The van der Waals surface area contributed by atoms with Gasteiger partial charge in [0.1, 0.15) is 6.17 Å². The van der Waals surface area contributed by atoms with Crippen LogP contribution in [-0.4, -0.2) is 6.17 Å². The van der Waals surface area contributed by atoms with E-state index in [0.29, 0.717) is 0 Å². The predicted molar refractivity (Wildman–Crippen MR) is 41.7 cm³/mol. The van der Waals surface area contributed by atoms with E-state index < -0.39 is 6.17 Å². The van der Waals surface area contributed by atoms with E-state index in [4.69, 9.17) is 0 Å². The highest BCUT2D eigenvalue weighted by Crippen LogP contribution is 2.27. The summed E-state index contributed by atoms with van der Waals surface area (Å²) in [6, 6.07) is 0. The zero-order valence-electron chi connectivity index (χ0n) is 6.78. The smallest absolute Gasteiger partial charge is 0.101 e. The van der Waals surface area contributed by atoms with Crippen LogP contribution in [0.25, 0.3) is 0 Å². The monoisotopic (exact) mass is 142 g/mol. The third kappa shape index (κ3) is 1.83. The van der Waals surface area contributed by atoms with E-state index in [2.05, 4.69) is 13.8 Å². The van der Waals surface area contributed by atoms with Crippen LogP contribution in [0.5, 0.6) is 0 Å². The molecule has 1 fully saturated rings. The molecule has 1 rings (SSSR count). The standard InChI is InChI=1S/C9H15F/c1-7(2)8-3-5-9(10)6-4-8/h9H,3-6H2,1-2H3. The van der Waals surface area contributed by atoms with Crippen molar-refractivity contribution in [3.05, 3.63) is 11.1 Å². The molecule has 0 saturated heterocycles. The first-order valence-corrected chi connectivity index (χ1v) is 3.99. The normalized spacial score (nSPS) is 26.7. The van der Waals surface area contributed by atoms with Gasteiger partial charge in [-0.2, -0.15) is 0 Å². The molecule has 0 spiro atoms. The van der Waals surface area contributed by atoms with Crippen LogP contribution in [0.15, 0.2) is 11.1 Å². The Morgan fingerprint density at radius 2 is 1.80 bits per heavy atom. The Labute approximate surface area is 62.1 Å². The SMILES string of the molecule is CC(C)=C1CCC(F)CC1. The summed E-state index contributed by atoms with van der Waals surface area (Å²) < 4.78 is 12.6. The molecule has 0 amide bonds. The van der Waals surface area contributed by atoms with Gasteiger partial charge in [-0.15, -0.1) is 0 Å². The van der Waals surface area contributed by atoms with Crippen molar-refractivity contribution in [1.82, 2.24) is 0 Å². The van der Waals surface area contributed by atoms with E-state index in [9.17, 15) is 4.39 Å². The molecule has 1 aliphatic carbocycles. The lowest BCUT2D eigenvalue weighted by Crippen LogP contribution is -2.08. The maximum atomic E-state index is 12.6. The summed E-state index contributed by atoms with van der Waals surface area (Å²) >= 11 is 0. The van der Waals surface area contributed by atoms with Gasteiger partial charge in [0.2, 0.25) is 0 Å². The minimum absolute atomic E-state index is 0.525. The number of hydrogen-bond donors (Lipinski definition) is 0. The van der Waals surface area contributed by atoms with Crippen LogP contribution in [0.1, 0.15) is 39.5 Å². The number of alkyl halides is 1. The van der Waals surface area contributed by atoms with Crippen LogP contribution in [-0.2, 0) is 0 Å². The average molecular weight is 142 g/mol. The lowest BCUT2D eigenvalue weighted by molar-refractivity contribution is 0.275. The molecule has 0 aromatic carbocycles. The molecule has 0 radical (unpaired) electrons.